The summed E-state index contributed by atoms with van der Waals surface area (Å²) >= 11 is 1.47. The molecule has 0 radical (unpaired) electrons. The fraction of sp³-hybridized carbons (Fsp3) is 0.263. The number of nitrogens with one attached hydrogen (secondary N) is 2. The highest BCUT2D eigenvalue weighted by atomic mass is 32.1. The van der Waals surface area contributed by atoms with Crippen molar-refractivity contribution >= 4 is 33.0 Å². The van der Waals surface area contributed by atoms with E-state index in [4.69, 9.17) is 5.73 Å². The third-order valence-corrected chi connectivity index (χ3v) is 5.90. The molecule has 0 saturated heterocycles. The lowest BCUT2D eigenvalue weighted by Crippen LogP contribution is -3.08. The normalized spacial score (nSPS) is 17.0. The molecule has 0 spiro atoms. The second-order valence-corrected chi connectivity index (χ2v) is 7.71. The van der Waals surface area contributed by atoms with Crippen LogP contribution in [0.1, 0.15) is 32.1 Å². The van der Waals surface area contributed by atoms with Gasteiger partial charge in [0.1, 0.15) is 11.4 Å². The maximum atomic E-state index is 12.8. The van der Waals surface area contributed by atoms with Crippen molar-refractivity contribution in [3.63, 3.8) is 0 Å². The maximum Gasteiger partial charge on any atom is 0.270 e. The minimum absolute atomic E-state index is 0.00261. The number of likely N-dealkylation sites (N-methyl/N-ethyl adjacent to an activating group) is 1. The van der Waals surface area contributed by atoms with Crippen molar-refractivity contribution in [3.05, 3.63) is 57.6 Å². The number of carbonyl (C=O) groups excluding carboxylic acids is 1. The number of ketones is 1. The van der Waals surface area contributed by atoms with E-state index in [-0.39, 0.29) is 5.78 Å². The lowest BCUT2D eigenvalue weighted by Gasteiger charge is -2.18. The molecule has 3 heterocycles. The lowest BCUT2D eigenvalue weighted by atomic mass is 10.0. The van der Waals surface area contributed by atoms with Crippen molar-refractivity contribution in [2.75, 3.05) is 19.3 Å². The van der Waals surface area contributed by atoms with Gasteiger partial charge in [-0.2, -0.15) is 4.98 Å². The molecule has 1 unspecified atom stereocenters. The molecular weight excluding hydrogens is 318 g/mol. The Hall–Kier alpha value is -2.24. The van der Waals surface area contributed by atoms with Crippen molar-refractivity contribution in [2.24, 2.45) is 0 Å². The van der Waals surface area contributed by atoms with Gasteiger partial charge >= 0.3 is 0 Å². The number of anilines is 1. The summed E-state index contributed by atoms with van der Waals surface area (Å²) in [5.41, 5.74) is 11.4. The van der Waals surface area contributed by atoms with Gasteiger partial charge in [-0.05, 0) is 13.0 Å². The molecule has 0 fully saturated rings. The zero-order valence-electron chi connectivity index (χ0n) is 13.9. The highest BCUT2D eigenvalue weighted by Crippen LogP contribution is 2.34. The zero-order valence-corrected chi connectivity index (χ0v) is 14.7. The minimum Gasteiger partial charge on any atom is -0.397 e. The third kappa shape index (κ3) is 2.50. The van der Waals surface area contributed by atoms with Gasteiger partial charge in [0.05, 0.1) is 36.7 Å². The molecule has 4 nitrogen and oxygen atoms in total. The van der Waals surface area contributed by atoms with Crippen LogP contribution in [0.15, 0.2) is 30.3 Å². The minimum atomic E-state index is 0.00261. The average Bonchev–Trinajstić information content (AvgIpc) is 2.89. The molecule has 5 heteroatoms. The second kappa shape index (κ2) is 5.69. The van der Waals surface area contributed by atoms with Crippen molar-refractivity contribution in [1.82, 2.24) is 0 Å². The number of aromatic amines is 1. The Morgan fingerprint density at radius 3 is 2.79 bits per heavy atom. The van der Waals surface area contributed by atoms with Crippen molar-refractivity contribution in [2.45, 2.75) is 19.9 Å². The van der Waals surface area contributed by atoms with Gasteiger partial charge in [-0.15, -0.1) is 0 Å². The summed E-state index contributed by atoms with van der Waals surface area (Å²) in [6.07, 6.45) is 1.04. The van der Waals surface area contributed by atoms with E-state index in [1.807, 2.05) is 31.2 Å². The molecule has 2 aromatic heterocycles. The summed E-state index contributed by atoms with van der Waals surface area (Å²) in [5.74, 6) is 0.00261. The molecule has 24 heavy (non-hydrogen) atoms. The van der Waals surface area contributed by atoms with Gasteiger partial charge in [-0.25, -0.2) is 0 Å². The van der Waals surface area contributed by atoms with E-state index in [2.05, 4.69) is 18.1 Å². The molecule has 1 aliphatic heterocycles. The van der Waals surface area contributed by atoms with E-state index in [0.29, 0.717) is 16.1 Å². The number of fused-ring (bicyclic) bond motifs is 2. The highest BCUT2D eigenvalue weighted by molar-refractivity contribution is 7.21. The number of carbonyl (C=O) groups is 1. The first-order valence-electron chi connectivity index (χ1n) is 8.21. The molecular formula is C19H21N3OS+2. The first-order valence-corrected chi connectivity index (χ1v) is 9.03. The summed E-state index contributed by atoms with van der Waals surface area (Å²) in [6.45, 7) is 4.14. The number of rotatable bonds is 2. The molecule has 0 amide bonds. The molecule has 1 aliphatic rings. The van der Waals surface area contributed by atoms with E-state index in [1.54, 1.807) is 0 Å². The van der Waals surface area contributed by atoms with Crippen LogP contribution in [0.3, 0.4) is 0 Å². The number of H-pyrrole nitrogens is 1. The number of aryl methyl sites for hydroxylation is 1. The molecule has 1 atom stereocenters. The molecule has 0 aliphatic carbocycles. The number of nitrogens with two attached hydrogens (primary N) is 1. The summed E-state index contributed by atoms with van der Waals surface area (Å²) < 4.78 is 0. The van der Waals surface area contributed by atoms with Crippen LogP contribution in [-0.2, 0) is 13.0 Å². The Balaban J connectivity index is 1.80. The average molecular weight is 339 g/mol. The Bertz CT molecular complexity index is 943. The van der Waals surface area contributed by atoms with Gasteiger partial charge in [0, 0.05) is 5.56 Å². The summed E-state index contributed by atoms with van der Waals surface area (Å²) in [7, 11) is 2.20. The van der Waals surface area contributed by atoms with Gasteiger partial charge in [0.25, 0.3) is 4.83 Å². The Labute approximate surface area is 144 Å². The van der Waals surface area contributed by atoms with Gasteiger partial charge in [0.2, 0.25) is 5.78 Å². The number of benzene rings is 1. The van der Waals surface area contributed by atoms with Gasteiger partial charge in [-0.1, -0.05) is 41.2 Å². The molecule has 0 bridgehead atoms. The van der Waals surface area contributed by atoms with E-state index >= 15 is 0 Å². The van der Waals surface area contributed by atoms with Crippen LogP contribution in [-0.4, -0.2) is 19.4 Å². The summed E-state index contributed by atoms with van der Waals surface area (Å²) in [4.78, 5) is 19.5. The lowest BCUT2D eigenvalue weighted by molar-refractivity contribution is -0.896. The molecule has 0 saturated carbocycles. The Morgan fingerprint density at radius 2 is 2.04 bits per heavy atom. The van der Waals surface area contributed by atoms with E-state index in [1.165, 1.54) is 27.5 Å². The zero-order chi connectivity index (χ0) is 16.8. The molecule has 4 rings (SSSR count). The number of hydrogen-bond donors (Lipinski definition) is 2. The largest absolute Gasteiger partial charge is 0.397 e. The second-order valence-electron chi connectivity index (χ2n) is 6.69. The van der Waals surface area contributed by atoms with Crippen molar-refractivity contribution in [3.8, 4) is 0 Å². The van der Waals surface area contributed by atoms with Gasteiger partial charge in [-0.3, -0.25) is 4.79 Å². The van der Waals surface area contributed by atoms with Crippen LogP contribution >= 0.6 is 11.3 Å². The fourth-order valence-electron chi connectivity index (χ4n) is 3.31. The fourth-order valence-corrected chi connectivity index (χ4v) is 4.40. The number of pyridine rings is 1. The van der Waals surface area contributed by atoms with Crippen LogP contribution in [0.4, 0.5) is 5.69 Å². The SMILES string of the molecule is Cc1ccc(C(=O)c2sc3[nH+]c4c(cc3c2N)C[NH+](C)CC4)cc1. The Morgan fingerprint density at radius 1 is 1.29 bits per heavy atom. The number of aromatic nitrogens is 1. The van der Waals surface area contributed by atoms with Crippen LogP contribution in [0.5, 0.6) is 0 Å². The molecule has 4 N–H and O–H groups in total. The quantitative estimate of drug-likeness (QED) is 0.694. The topological polar surface area (TPSA) is 61.7 Å². The monoisotopic (exact) mass is 339 g/mol. The maximum absolute atomic E-state index is 12.8. The number of quaternary nitrogens is 1. The van der Waals surface area contributed by atoms with Crippen molar-refractivity contribution < 1.29 is 14.7 Å². The molecule has 1 aromatic carbocycles. The number of thiophene rings is 1. The Kier molecular flexibility index (Phi) is 3.62. The smallest absolute Gasteiger partial charge is 0.270 e. The number of nitrogen functional groups attached to an aromatic ring is 1. The van der Waals surface area contributed by atoms with Crippen LogP contribution in [0, 0.1) is 6.92 Å². The summed E-state index contributed by atoms with van der Waals surface area (Å²) in [5, 5.41) is 0.976. The standard InChI is InChI=1S/C19H19N3OS/c1-11-3-5-12(6-4-11)17(23)18-16(20)14-9-13-10-22(2)8-7-15(13)21-19(14)24-18/h3-6,9H,7-8,10,20H2,1-2H3/p+2. The third-order valence-electron chi connectivity index (χ3n) is 4.77. The van der Waals surface area contributed by atoms with Crippen LogP contribution < -0.4 is 15.6 Å². The molecule has 122 valence electrons. The summed E-state index contributed by atoms with van der Waals surface area (Å²) in [6, 6.07) is 9.82. The molecule has 3 aromatic rings. The predicted octanol–water partition coefficient (Wildman–Crippen LogP) is 1.41. The number of hydrogen-bond acceptors (Lipinski definition) is 3. The van der Waals surface area contributed by atoms with Crippen LogP contribution in [0.2, 0.25) is 0 Å². The van der Waals surface area contributed by atoms with E-state index < -0.39 is 0 Å². The van der Waals surface area contributed by atoms with Gasteiger partial charge < -0.3 is 10.6 Å². The highest BCUT2D eigenvalue weighted by Gasteiger charge is 2.27. The first kappa shape index (κ1) is 15.3. The van der Waals surface area contributed by atoms with E-state index in [9.17, 15) is 4.79 Å². The predicted molar refractivity (Wildman–Crippen MR) is 96.6 cm³/mol. The first-order chi connectivity index (χ1) is 11.5. The van der Waals surface area contributed by atoms with Crippen molar-refractivity contribution in [1.29, 1.82) is 0 Å². The van der Waals surface area contributed by atoms with Crippen LogP contribution in [0.25, 0.3) is 10.2 Å². The van der Waals surface area contributed by atoms with E-state index in [0.717, 1.165) is 35.3 Å². The van der Waals surface area contributed by atoms with Gasteiger partial charge in [0.15, 0.2) is 5.69 Å².